The highest BCUT2D eigenvalue weighted by Gasteiger charge is 2.41. The van der Waals surface area contributed by atoms with Gasteiger partial charge in [-0.2, -0.15) is 5.10 Å². The Morgan fingerprint density at radius 2 is 1.58 bits per heavy atom. The first-order valence-corrected chi connectivity index (χ1v) is 11.8. The van der Waals surface area contributed by atoms with Gasteiger partial charge in [0.15, 0.2) is 9.84 Å². The lowest BCUT2D eigenvalue weighted by Crippen LogP contribution is -2.57. The molecule has 0 aliphatic carbocycles. The molecule has 2 heterocycles. The van der Waals surface area contributed by atoms with Crippen molar-refractivity contribution in [2.24, 2.45) is 7.05 Å². The molecule has 1 aliphatic heterocycles. The zero-order valence-electron chi connectivity index (χ0n) is 18.8. The Labute approximate surface area is 192 Å². The Bertz CT molecular complexity index is 1280. The van der Waals surface area contributed by atoms with E-state index in [0.717, 1.165) is 0 Å². The number of amides is 1. The first kappa shape index (κ1) is 22.7. The van der Waals surface area contributed by atoms with E-state index >= 15 is 0 Å². The molecule has 1 fully saturated rings. The lowest BCUT2D eigenvalue weighted by Gasteiger charge is -2.38. The second-order valence-electron chi connectivity index (χ2n) is 7.66. The summed E-state index contributed by atoms with van der Waals surface area (Å²) in [6, 6.07) is 13.3. The molecule has 1 aliphatic rings. The van der Waals surface area contributed by atoms with Gasteiger partial charge in [-0.25, -0.2) is 8.42 Å². The van der Waals surface area contributed by atoms with Gasteiger partial charge in [0.05, 0.1) is 31.9 Å². The highest BCUT2D eigenvalue weighted by Crippen LogP contribution is 2.33. The number of nitrogens with zero attached hydrogens (tertiary/aromatic N) is 3. The summed E-state index contributed by atoms with van der Waals surface area (Å²) in [6.45, 7) is 0.242. The van der Waals surface area contributed by atoms with Gasteiger partial charge < -0.3 is 19.1 Å². The normalized spacial score (nSPS) is 14.0. The molecule has 0 radical (unpaired) electrons. The van der Waals surface area contributed by atoms with Crippen molar-refractivity contribution in [3.05, 3.63) is 54.2 Å². The standard InChI is InChI=1S/C23H25N3O6S/c1-25-21(12-20(24-25)19-11-16(31-3)7-10-22(19)32-4)23(27)26-13-18(14-26)33(28,29)17-8-5-15(30-2)6-9-17/h5-12,18H,13-14H2,1-4H3. The minimum absolute atomic E-state index is 0.121. The van der Waals surface area contributed by atoms with E-state index in [1.54, 1.807) is 57.7 Å². The number of hydrogen-bond acceptors (Lipinski definition) is 7. The largest absolute Gasteiger partial charge is 0.497 e. The van der Waals surface area contributed by atoms with Crippen molar-refractivity contribution in [1.29, 1.82) is 0 Å². The minimum atomic E-state index is -3.54. The molecule has 10 heteroatoms. The number of carbonyl (C=O) groups excluding carboxylic acids is 1. The molecule has 1 aromatic heterocycles. The molecule has 0 unspecified atom stereocenters. The van der Waals surface area contributed by atoms with Crippen molar-refractivity contribution in [3.63, 3.8) is 0 Å². The van der Waals surface area contributed by atoms with Crippen molar-refractivity contribution in [1.82, 2.24) is 14.7 Å². The fourth-order valence-electron chi connectivity index (χ4n) is 3.73. The number of carbonyl (C=O) groups is 1. The van der Waals surface area contributed by atoms with Crippen molar-refractivity contribution >= 4 is 15.7 Å². The lowest BCUT2D eigenvalue weighted by molar-refractivity contribution is 0.0647. The summed E-state index contributed by atoms with van der Waals surface area (Å²) in [7, 11) is 2.78. The Kier molecular flexibility index (Phi) is 6.03. The molecule has 0 N–H and O–H groups in total. The summed E-state index contributed by atoms with van der Waals surface area (Å²) < 4.78 is 43.0. The Morgan fingerprint density at radius 3 is 2.18 bits per heavy atom. The van der Waals surface area contributed by atoms with Crippen LogP contribution in [0.25, 0.3) is 11.3 Å². The smallest absolute Gasteiger partial charge is 0.272 e. The molecule has 2 aromatic carbocycles. The van der Waals surface area contributed by atoms with Crippen LogP contribution in [-0.2, 0) is 16.9 Å². The molecule has 3 aromatic rings. The van der Waals surface area contributed by atoms with E-state index in [4.69, 9.17) is 14.2 Å². The second kappa shape index (κ2) is 8.78. The number of aromatic nitrogens is 2. The van der Waals surface area contributed by atoms with Gasteiger partial charge >= 0.3 is 0 Å². The van der Waals surface area contributed by atoms with Crippen LogP contribution in [0.15, 0.2) is 53.4 Å². The second-order valence-corrected chi connectivity index (χ2v) is 9.89. The van der Waals surface area contributed by atoms with E-state index in [1.807, 2.05) is 0 Å². The van der Waals surface area contributed by atoms with Gasteiger partial charge in [-0.05, 0) is 48.5 Å². The van der Waals surface area contributed by atoms with Crippen molar-refractivity contribution in [2.75, 3.05) is 34.4 Å². The topological polar surface area (TPSA) is 100.0 Å². The molecule has 4 rings (SSSR count). The summed E-state index contributed by atoms with van der Waals surface area (Å²) in [5.74, 6) is 1.54. The average molecular weight is 472 g/mol. The monoisotopic (exact) mass is 471 g/mol. The Morgan fingerprint density at radius 1 is 0.939 bits per heavy atom. The van der Waals surface area contributed by atoms with Crippen LogP contribution in [0.1, 0.15) is 10.5 Å². The third kappa shape index (κ3) is 4.13. The van der Waals surface area contributed by atoms with E-state index in [0.29, 0.717) is 34.2 Å². The van der Waals surface area contributed by atoms with Crippen molar-refractivity contribution in [3.8, 4) is 28.5 Å². The zero-order chi connectivity index (χ0) is 23.8. The van der Waals surface area contributed by atoms with Crippen LogP contribution in [0.4, 0.5) is 0 Å². The maximum absolute atomic E-state index is 13.1. The van der Waals surface area contributed by atoms with Crippen LogP contribution in [0, 0.1) is 0 Å². The minimum Gasteiger partial charge on any atom is -0.497 e. The predicted octanol–water partition coefficient (Wildman–Crippen LogP) is 2.41. The summed E-state index contributed by atoms with van der Waals surface area (Å²) in [6.07, 6.45) is 0. The molecule has 0 spiro atoms. The van der Waals surface area contributed by atoms with Gasteiger partial charge in [0.2, 0.25) is 0 Å². The van der Waals surface area contributed by atoms with Gasteiger partial charge in [0, 0.05) is 25.7 Å². The predicted molar refractivity (Wildman–Crippen MR) is 122 cm³/mol. The van der Waals surface area contributed by atoms with E-state index < -0.39 is 15.1 Å². The highest BCUT2D eigenvalue weighted by molar-refractivity contribution is 7.92. The number of sulfone groups is 1. The van der Waals surface area contributed by atoms with Gasteiger partial charge in [-0.3, -0.25) is 9.48 Å². The molecule has 174 valence electrons. The molecule has 0 atom stereocenters. The number of benzene rings is 2. The quantitative estimate of drug-likeness (QED) is 0.522. The van der Waals surface area contributed by atoms with E-state index in [1.165, 1.54) is 28.8 Å². The van der Waals surface area contributed by atoms with E-state index in [2.05, 4.69) is 5.10 Å². The summed E-state index contributed by atoms with van der Waals surface area (Å²) in [5.41, 5.74) is 1.60. The maximum atomic E-state index is 13.1. The molecule has 1 saturated heterocycles. The first-order valence-electron chi connectivity index (χ1n) is 10.2. The summed E-state index contributed by atoms with van der Waals surface area (Å²) in [5, 5.41) is 3.81. The maximum Gasteiger partial charge on any atom is 0.272 e. The van der Waals surface area contributed by atoms with Crippen molar-refractivity contribution < 1.29 is 27.4 Å². The number of hydrogen-bond donors (Lipinski definition) is 0. The number of rotatable bonds is 7. The first-order chi connectivity index (χ1) is 15.8. The molecule has 1 amide bonds. The molecular formula is C23H25N3O6S. The third-order valence-electron chi connectivity index (χ3n) is 5.74. The van der Waals surface area contributed by atoms with Crippen LogP contribution in [0.5, 0.6) is 17.2 Å². The van der Waals surface area contributed by atoms with Gasteiger partial charge in [-0.1, -0.05) is 0 Å². The lowest BCUT2D eigenvalue weighted by atomic mass is 10.1. The molecular weight excluding hydrogens is 446 g/mol. The fourth-order valence-corrected chi connectivity index (χ4v) is 5.39. The fraction of sp³-hybridized carbons (Fsp3) is 0.304. The van der Waals surface area contributed by atoms with E-state index in [9.17, 15) is 13.2 Å². The van der Waals surface area contributed by atoms with Crippen LogP contribution in [0.2, 0.25) is 0 Å². The van der Waals surface area contributed by atoms with Crippen LogP contribution < -0.4 is 14.2 Å². The molecule has 0 bridgehead atoms. The summed E-state index contributed by atoms with van der Waals surface area (Å²) in [4.78, 5) is 14.8. The molecule has 33 heavy (non-hydrogen) atoms. The number of ether oxygens (including phenoxy) is 3. The molecule has 9 nitrogen and oxygen atoms in total. The zero-order valence-corrected chi connectivity index (χ0v) is 19.6. The summed E-state index contributed by atoms with van der Waals surface area (Å²) >= 11 is 0. The van der Waals surface area contributed by atoms with Gasteiger partial charge in [0.1, 0.15) is 28.2 Å². The van der Waals surface area contributed by atoms with E-state index in [-0.39, 0.29) is 23.9 Å². The number of methoxy groups -OCH3 is 3. The van der Waals surface area contributed by atoms with Gasteiger partial charge in [0.25, 0.3) is 5.91 Å². The number of aryl methyl sites for hydroxylation is 1. The Hall–Kier alpha value is -3.53. The van der Waals surface area contributed by atoms with Crippen molar-refractivity contribution in [2.45, 2.75) is 10.1 Å². The van der Waals surface area contributed by atoms with Gasteiger partial charge in [-0.15, -0.1) is 0 Å². The highest BCUT2D eigenvalue weighted by atomic mass is 32.2. The number of likely N-dealkylation sites (tertiary alicyclic amines) is 1. The third-order valence-corrected chi connectivity index (χ3v) is 7.85. The van der Waals surface area contributed by atoms with Crippen LogP contribution >= 0.6 is 0 Å². The SMILES string of the molecule is COc1ccc(S(=O)(=O)C2CN(C(=O)c3cc(-c4cc(OC)ccc4OC)nn3C)C2)cc1. The Balaban J connectivity index is 1.51. The van der Waals surface area contributed by atoms with Crippen LogP contribution in [0.3, 0.4) is 0 Å². The molecule has 0 saturated carbocycles. The average Bonchev–Trinajstić information content (AvgIpc) is 3.18. The van der Waals surface area contributed by atoms with Crippen LogP contribution in [-0.4, -0.2) is 68.7 Å².